The predicted molar refractivity (Wildman–Crippen MR) is 110 cm³/mol. The molecule has 0 bridgehead atoms. The molecule has 1 N–H and O–H groups in total. The number of ketones is 1. The van der Waals surface area contributed by atoms with Crippen molar-refractivity contribution in [3.05, 3.63) is 53.6 Å². The lowest BCUT2D eigenvalue weighted by Crippen LogP contribution is -2.44. The highest BCUT2D eigenvalue weighted by Crippen LogP contribution is 2.65. The second-order valence-electron chi connectivity index (χ2n) is 8.41. The molecule has 6 heteroatoms. The Morgan fingerprint density at radius 1 is 1.20 bits per heavy atom. The summed E-state index contributed by atoms with van der Waals surface area (Å²) in [6.45, 7) is 0.386. The molecule has 1 heterocycles. The SMILES string of the molecule is COc1ccc(CNC(=O)[C@H]2[C@H]3CC[C@@]4(CC(=O)c5ccccc5O4)[C@@H]32)c(OC)c1. The number of methoxy groups -OCH3 is 2. The molecular weight excluding hydrogens is 382 g/mol. The number of rotatable bonds is 5. The molecule has 1 amide bonds. The highest BCUT2D eigenvalue weighted by atomic mass is 16.5. The summed E-state index contributed by atoms with van der Waals surface area (Å²) in [7, 11) is 3.21. The van der Waals surface area contributed by atoms with Gasteiger partial charge in [0.05, 0.1) is 26.2 Å². The van der Waals surface area contributed by atoms with Crippen molar-refractivity contribution in [3.63, 3.8) is 0 Å². The van der Waals surface area contributed by atoms with E-state index in [1.165, 1.54) is 0 Å². The molecule has 6 nitrogen and oxygen atoms in total. The summed E-state index contributed by atoms with van der Waals surface area (Å²) in [5.41, 5.74) is 1.01. The molecule has 1 spiro atoms. The van der Waals surface area contributed by atoms with Gasteiger partial charge in [0.15, 0.2) is 5.78 Å². The van der Waals surface area contributed by atoms with Gasteiger partial charge < -0.3 is 19.5 Å². The van der Waals surface area contributed by atoms with Crippen LogP contribution in [0.2, 0.25) is 0 Å². The molecule has 30 heavy (non-hydrogen) atoms. The Kier molecular flexibility index (Phi) is 4.45. The van der Waals surface area contributed by atoms with Gasteiger partial charge in [-0.2, -0.15) is 0 Å². The zero-order chi connectivity index (χ0) is 20.9. The molecule has 1 aliphatic heterocycles. The largest absolute Gasteiger partial charge is 0.497 e. The van der Waals surface area contributed by atoms with Gasteiger partial charge in [0, 0.05) is 30.0 Å². The van der Waals surface area contributed by atoms with Crippen molar-refractivity contribution in [2.75, 3.05) is 14.2 Å². The predicted octanol–water partition coefficient (Wildman–Crippen LogP) is 3.38. The van der Waals surface area contributed by atoms with Crippen molar-refractivity contribution < 1.29 is 23.8 Å². The second-order valence-corrected chi connectivity index (χ2v) is 8.41. The number of carbonyl (C=O) groups excluding carboxylic acids is 2. The molecule has 3 aliphatic rings. The molecule has 2 aliphatic carbocycles. The van der Waals surface area contributed by atoms with Crippen LogP contribution in [0.1, 0.15) is 35.2 Å². The van der Waals surface area contributed by atoms with E-state index in [4.69, 9.17) is 14.2 Å². The van der Waals surface area contributed by atoms with Crippen LogP contribution in [0.5, 0.6) is 17.2 Å². The van der Waals surface area contributed by atoms with Crippen LogP contribution in [-0.4, -0.2) is 31.5 Å². The average Bonchev–Trinajstić information content (AvgIpc) is 3.42. The third-order valence-corrected chi connectivity index (χ3v) is 6.89. The zero-order valence-corrected chi connectivity index (χ0v) is 17.1. The number of carbonyl (C=O) groups is 2. The molecule has 5 rings (SSSR count). The number of Topliss-reactive ketones (excluding diaryl/α,β-unsaturated/α-hetero) is 1. The summed E-state index contributed by atoms with van der Waals surface area (Å²) in [5.74, 6) is 2.49. The molecule has 0 radical (unpaired) electrons. The molecule has 0 unspecified atom stereocenters. The van der Waals surface area contributed by atoms with E-state index >= 15 is 0 Å². The van der Waals surface area contributed by atoms with Crippen LogP contribution in [0, 0.1) is 17.8 Å². The molecule has 156 valence electrons. The first-order valence-corrected chi connectivity index (χ1v) is 10.4. The number of hydrogen-bond donors (Lipinski definition) is 1. The van der Waals surface area contributed by atoms with Crippen molar-refractivity contribution in [1.82, 2.24) is 5.32 Å². The summed E-state index contributed by atoms with van der Waals surface area (Å²) in [6.07, 6.45) is 2.11. The van der Waals surface area contributed by atoms with E-state index in [9.17, 15) is 9.59 Å². The van der Waals surface area contributed by atoms with Gasteiger partial charge in [-0.25, -0.2) is 0 Å². The van der Waals surface area contributed by atoms with Crippen molar-refractivity contribution >= 4 is 11.7 Å². The van der Waals surface area contributed by atoms with Crippen LogP contribution in [0.3, 0.4) is 0 Å². The fourth-order valence-corrected chi connectivity index (χ4v) is 5.42. The van der Waals surface area contributed by atoms with Gasteiger partial charge in [0.1, 0.15) is 22.8 Å². The lowest BCUT2D eigenvalue weighted by molar-refractivity contribution is -0.124. The lowest BCUT2D eigenvalue weighted by Gasteiger charge is -2.37. The van der Waals surface area contributed by atoms with Crippen LogP contribution < -0.4 is 19.5 Å². The number of nitrogens with one attached hydrogen (secondary N) is 1. The van der Waals surface area contributed by atoms with E-state index in [1.807, 2.05) is 36.4 Å². The molecule has 2 aromatic rings. The Hall–Kier alpha value is -3.02. The number of fused-ring (bicyclic) bond motifs is 3. The molecule has 2 fully saturated rings. The van der Waals surface area contributed by atoms with Crippen molar-refractivity contribution in [3.8, 4) is 17.2 Å². The van der Waals surface area contributed by atoms with Gasteiger partial charge in [-0.05, 0) is 43.0 Å². The highest BCUT2D eigenvalue weighted by molar-refractivity contribution is 6.00. The Morgan fingerprint density at radius 2 is 2.03 bits per heavy atom. The van der Waals surface area contributed by atoms with E-state index in [0.717, 1.165) is 18.4 Å². The first kappa shape index (κ1) is 19.0. The number of benzene rings is 2. The zero-order valence-electron chi connectivity index (χ0n) is 17.1. The second kappa shape index (κ2) is 7.04. The monoisotopic (exact) mass is 407 g/mol. The fraction of sp³-hybridized carbons (Fsp3) is 0.417. The average molecular weight is 407 g/mol. The summed E-state index contributed by atoms with van der Waals surface area (Å²) >= 11 is 0. The van der Waals surface area contributed by atoms with Gasteiger partial charge in [-0.15, -0.1) is 0 Å². The van der Waals surface area contributed by atoms with E-state index < -0.39 is 5.60 Å². The minimum absolute atomic E-state index is 0.0249. The number of hydrogen-bond acceptors (Lipinski definition) is 5. The minimum atomic E-state index is -0.532. The number of amides is 1. The summed E-state index contributed by atoms with van der Waals surface area (Å²) < 4.78 is 17.0. The van der Waals surface area contributed by atoms with Gasteiger partial charge in [0.25, 0.3) is 0 Å². The summed E-state index contributed by atoms with van der Waals surface area (Å²) in [4.78, 5) is 25.7. The third-order valence-electron chi connectivity index (χ3n) is 6.89. The maximum Gasteiger partial charge on any atom is 0.224 e. The molecule has 4 atom stereocenters. The molecular formula is C24H25NO5. The standard InChI is InChI=1S/C24H25NO5/c1-28-15-8-7-14(20(11-15)29-2)13-25-23(27)21-17-9-10-24(22(17)21)12-18(26)16-5-3-4-6-19(16)30-24/h3-8,11,17,21-22H,9-10,12-13H2,1-2H3,(H,25,27)/t17-,21+,22+,24-/m1/s1. The highest BCUT2D eigenvalue weighted by Gasteiger charge is 2.70. The maximum atomic E-state index is 13.0. The van der Waals surface area contributed by atoms with Gasteiger partial charge >= 0.3 is 0 Å². The van der Waals surface area contributed by atoms with Crippen LogP contribution in [-0.2, 0) is 11.3 Å². The third kappa shape index (κ3) is 2.93. The Labute approximate surface area is 175 Å². The topological polar surface area (TPSA) is 73.9 Å². The maximum absolute atomic E-state index is 13.0. The Balaban J connectivity index is 1.28. The first-order chi connectivity index (χ1) is 14.6. The van der Waals surface area contributed by atoms with E-state index in [0.29, 0.717) is 41.7 Å². The fourth-order valence-electron chi connectivity index (χ4n) is 5.42. The van der Waals surface area contributed by atoms with E-state index in [2.05, 4.69) is 5.32 Å². The summed E-state index contributed by atoms with van der Waals surface area (Å²) in [6, 6.07) is 13.0. The van der Waals surface area contributed by atoms with E-state index in [-0.39, 0.29) is 23.5 Å². The van der Waals surface area contributed by atoms with Crippen molar-refractivity contribution in [2.45, 2.75) is 31.4 Å². The molecule has 0 saturated heterocycles. The van der Waals surface area contributed by atoms with Crippen LogP contribution >= 0.6 is 0 Å². The van der Waals surface area contributed by atoms with Gasteiger partial charge in [-0.1, -0.05) is 12.1 Å². The van der Waals surface area contributed by atoms with Crippen molar-refractivity contribution in [2.24, 2.45) is 17.8 Å². The number of para-hydroxylation sites is 1. The Bertz CT molecular complexity index is 1020. The van der Waals surface area contributed by atoms with Crippen LogP contribution in [0.15, 0.2) is 42.5 Å². The van der Waals surface area contributed by atoms with Crippen LogP contribution in [0.25, 0.3) is 0 Å². The number of ether oxygens (including phenoxy) is 3. The minimum Gasteiger partial charge on any atom is -0.497 e. The smallest absolute Gasteiger partial charge is 0.224 e. The first-order valence-electron chi connectivity index (χ1n) is 10.4. The van der Waals surface area contributed by atoms with Crippen LogP contribution in [0.4, 0.5) is 0 Å². The molecule has 0 aromatic heterocycles. The van der Waals surface area contributed by atoms with E-state index in [1.54, 1.807) is 20.3 Å². The molecule has 2 aromatic carbocycles. The van der Waals surface area contributed by atoms with Crippen molar-refractivity contribution in [1.29, 1.82) is 0 Å². The lowest BCUT2D eigenvalue weighted by atomic mass is 9.84. The molecule has 2 saturated carbocycles. The Morgan fingerprint density at radius 3 is 2.83 bits per heavy atom. The summed E-state index contributed by atoms with van der Waals surface area (Å²) in [5, 5.41) is 3.05. The normalized spacial score (nSPS) is 28.3. The quantitative estimate of drug-likeness (QED) is 0.823. The van der Waals surface area contributed by atoms with Gasteiger partial charge in [-0.3, -0.25) is 9.59 Å². The van der Waals surface area contributed by atoms with Gasteiger partial charge in [0.2, 0.25) is 5.91 Å².